The number of carbonyl (C=O) groups is 1. The van der Waals surface area contributed by atoms with Gasteiger partial charge < -0.3 is 0 Å². The Labute approximate surface area is 152 Å². The lowest BCUT2D eigenvalue weighted by molar-refractivity contribution is 0.102. The molecule has 0 atom stereocenters. The molecule has 0 bridgehead atoms. The second-order valence-corrected chi connectivity index (χ2v) is 6.94. The maximum Gasteiger partial charge on any atom is 0.263 e. The topological polar surface area (TPSA) is 72.2 Å². The van der Waals surface area contributed by atoms with E-state index in [1.807, 2.05) is 6.92 Å². The summed E-state index contributed by atoms with van der Waals surface area (Å²) >= 11 is 1.37. The van der Waals surface area contributed by atoms with Crippen molar-refractivity contribution in [2.45, 2.75) is 13.8 Å². The summed E-state index contributed by atoms with van der Waals surface area (Å²) in [5, 5.41) is 7.59. The highest BCUT2D eigenvalue weighted by atomic mass is 32.1. The smallest absolute Gasteiger partial charge is 0.263 e. The van der Waals surface area contributed by atoms with Crippen LogP contribution in [-0.4, -0.2) is 25.5 Å². The molecule has 1 aromatic carbocycles. The van der Waals surface area contributed by atoms with Crippen molar-refractivity contribution in [2.24, 2.45) is 0 Å². The van der Waals surface area contributed by atoms with Gasteiger partial charge in [0.15, 0.2) is 10.8 Å². The number of hydrogen-bond acceptors (Lipinski definition) is 5. The van der Waals surface area contributed by atoms with Gasteiger partial charge >= 0.3 is 0 Å². The molecule has 1 amide bonds. The normalized spacial score (nSPS) is 11.0. The van der Waals surface area contributed by atoms with Crippen LogP contribution in [0.2, 0.25) is 0 Å². The average Bonchev–Trinajstić information content (AvgIpc) is 3.14. The van der Waals surface area contributed by atoms with Crippen LogP contribution in [0.25, 0.3) is 16.9 Å². The second-order valence-electron chi connectivity index (χ2n) is 5.73. The molecule has 3 aromatic heterocycles. The zero-order valence-corrected chi connectivity index (χ0v) is 14.8. The van der Waals surface area contributed by atoms with Crippen molar-refractivity contribution in [1.29, 1.82) is 0 Å². The molecule has 130 valence electrons. The number of amides is 1. The fraction of sp³-hybridized carbons (Fsp3) is 0.111. The minimum atomic E-state index is -0.310. The minimum Gasteiger partial charge on any atom is -0.298 e. The van der Waals surface area contributed by atoms with E-state index in [0.717, 1.165) is 16.1 Å². The van der Waals surface area contributed by atoms with Gasteiger partial charge in [-0.05, 0) is 44.2 Å². The zero-order valence-electron chi connectivity index (χ0n) is 14.0. The van der Waals surface area contributed by atoms with Crippen molar-refractivity contribution in [1.82, 2.24) is 19.6 Å². The largest absolute Gasteiger partial charge is 0.298 e. The van der Waals surface area contributed by atoms with Crippen molar-refractivity contribution in [3.8, 4) is 11.3 Å². The molecule has 0 spiro atoms. The highest BCUT2D eigenvalue weighted by Crippen LogP contribution is 2.31. The quantitative estimate of drug-likeness (QED) is 0.597. The second kappa shape index (κ2) is 6.30. The molecule has 8 heteroatoms. The standard InChI is InChI=1S/C18H14FN5OS/c1-10-14(16-20-8-3-9-24(16)23-10)17(25)22-18-21-15(11(2)26-18)12-4-6-13(19)7-5-12/h3-9H,1-2H3,(H,21,22,25). The highest BCUT2D eigenvalue weighted by Gasteiger charge is 2.20. The van der Waals surface area contributed by atoms with Crippen LogP contribution in [0, 0.1) is 19.7 Å². The van der Waals surface area contributed by atoms with Gasteiger partial charge in [0.05, 0.1) is 11.4 Å². The molecule has 0 aliphatic heterocycles. The number of benzene rings is 1. The predicted molar refractivity (Wildman–Crippen MR) is 97.9 cm³/mol. The summed E-state index contributed by atoms with van der Waals surface area (Å²) in [4.78, 5) is 22.4. The average molecular weight is 367 g/mol. The molecule has 1 N–H and O–H groups in total. The molecule has 0 aliphatic rings. The third-order valence-corrected chi connectivity index (χ3v) is 4.82. The molecule has 3 heterocycles. The Bertz CT molecular complexity index is 1120. The molecule has 0 saturated heterocycles. The van der Waals surface area contributed by atoms with E-state index < -0.39 is 0 Å². The van der Waals surface area contributed by atoms with E-state index in [4.69, 9.17) is 0 Å². The molecule has 4 aromatic rings. The third kappa shape index (κ3) is 2.84. The number of nitrogens with one attached hydrogen (secondary N) is 1. The van der Waals surface area contributed by atoms with Crippen LogP contribution in [0.3, 0.4) is 0 Å². The van der Waals surface area contributed by atoms with Crippen LogP contribution in [0.15, 0.2) is 42.7 Å². The summed E-state index contributed by atoms with van der Waals surface area (Å²) in [6, 6.07) is 7.87. The van der Waals surface area contributed by atoms with Gasteiger partial charge in [-0.1, -0.05) is 0 Å². The van der Waals surface area contributed by atoms with Gasteiger partial charge in [-0.3, -0.25) is 10.1 Å². The molecule has 0 radical (unpaired) electrons. The molecule has 0 unspecified atom stereocenters. The Morgan fingerprint density at radius 2 is 2.00 bits per heavy atom. The number of nitrogens with zero attached hydrogens (tertiary/aromatic N) is 4. The molecular formula is C18H14FN5OS. The van der Waals surface area contributed by atoms with E-state index in [1.165, 1.54) is 23.5 Å². The number of carbonyl (C=O) groups excluding carboxylic acids is 1. The number of halogens is 1. The Hall–Kier alpha value is -3.13. The summed E-state index contributed by atoms with van der Waals surface area (Å²) in [6.45, 7) is 3.68. The lowest BCUT2D eigenvalue weighted by Gasteiger charge is -2.01. The van der Waals surface area contributed by atoms with Crippen LogP contribution < -0.4 is 5.32 Å². The monoisotopic (exact) mass is 367 g/mol. The van der Waals surface area contributed by atoms with Crippen LogP contribution >= 0.6 is 11.3 Å². The number of aromatic nitrogens is 4. The number of fused-ring (bicyclic) bond motifs is 1. The van der Waals surface area contributed by atoms with Crippen LogP contribution in [0.1, 0.15) is 20.9 Å². The Kier molecular flexibility index (Phi) is 3.96. The summed E-state index contributed by atoms with van der Waals surface area (Å²) in [5.74, 6) is -0.609. The highest BCUT2D eigenvalue weighted by molar-refractivity contribution is 7.16. The van der Waals surface area contributed by atoms with Gasteiger partial charge in [0.1, 0.15) is 11.4 Å². The lowest BCUT2D eigenvalue weighted by Crippen LogP contribution is -2.13. The number of thiazole rings is 1. The number of aryl methyl sites for hydroxylation is 2. The van der Waals surface area contributed by atoms with Crippen LogP contribution in [0.4, 0.5) is 9.52 Å². The van der Waals surface area contributed by atoms with Crippen LogP contribution in [-0.2, 0) is 0 Å². The van der Waals surface area contributed by atoms with Gasteiger partial charge in [0, 0.05) is 22.8 Å². The molecular weight excluding hydrogens is 353 g/mol. The van der Waals surface area contributed by atoms with E-state index in [0.29, 0.717) is 22.0 Å². The number of anilines is 1. The first-order valence-electron chi connectivity index (χ1n) is 7.87. The maximum atomic E-state index is 13.1. The van der Waals surface area contributed by atoms with Gasteiger partial charge in [-0.2, -0.15) is 5.10 Å². The van der Waals surface area contributed by atoms with E-state index in [-0.39, 0.29) is 11.7 Å². The van der Waals surface area contributed by atoms with E-state index in [1.54, 1.807) is 42.0 Å². The summed E-state index contributed by atoms with van der Waals surface area (Å²) in [5.41, 5.74) is 3.03. The maximum absolute atomic E-state index is 13.1. The predicted octanol–water partition coefficient (Wildman–Crippen LogP) is 3.86. The van der Waals surface area contributed by atoms with E-state index in [2.05, 4.69) is 20.4 Å². The van der Waals surface area contributed by atoms with Crippen molar-refractivity contribution < 1.29 is 9.18 Å². The fourth-order valence-electron chi connectivity index (χ4n) is 2.75. The summed E-state index contributed by atoms with van der Waals surface area (Å²) in [7, 11) is 0. The van der Waals surface area contributed by atoms with Gasteiger partial charge in [0.25, 0.3) is 5.91 Å². The number of hydrogen-bond donors (Lipinski definition) is 1. The van der Waals surface area contributed by atoms with Crippen molar-refractivity contribution in [2.75, 3.05) is 5.32 Å². The molecule has 0 fully saturated rings. The van der Waals surface area contributed by atoms with E-state index in [9.17, 15) is 9.18 Å². The summed E-state index contributed by atoms with van der Waals surface area (Å²) < 4.78 is 14.7. The fourth-order valence-corrected chi connectivity index (χ4v) is 3.58. The van der Waals surface area contributed by atoms with Crippen LogP contribution in [0.5, 0.6) is 0 Å². The molecule has 0 aliphatic carbocycles. The van der Waals surface area contributed by atoms with E-state index >= 15 is 0 Å². The Morgan fingerprint density at radius 3 is 2.77 bits per heavy atom. The van der Waals surface area contributed by atoms with Gasteiger partial charge in [0.2, 0.25) is 0 Å². The van der Waals surface area contributed by atoms with Gasteiger partial charge in [-0.15, -0.1) is 11.3 Å². The number of rotatable bonds is 3. The summed E-state index contributed by atoms with van der Waals surface area (Å²) in [6.07, 6.45) is 3.36. The minimum absolute atomic E-state index is 0.300. The molecule has 26 heavy (non-hydrogen) atoms. The third-order valence-electron chi connectivity index (χ3n) is 3.93. The van der Waals surface area contributed by atoms with Gasteiger partial charge in [-0.25, -0.2) is 18.9 Å². The SMILES string of the molecule is Cc1nn2cccnc2c1C(=O)Nc1nc(-c2ccc(F)cc2)c(C)s1. The van der Waals surface area contributed by atoms with Crippen molar-refractivity contribution >= 4 is 28.0 Å². The first-order valence-corrected chi connectivity index (χ1v) is 8.69. The molecule has 6 nitrogen and oxygen atoms in total. The van der Waals surface area contributed by atoms with Crippen molar-refractivity contribution in [3.05, 3.63) is 64.7 Å². The molecule has 0 saturated carbocycles. The molecule has 4 rings (SSSR count). The first-order chi connectivity index (χ1) is 12.5. The zero-order chi connectivity index (χ0) is 18.3. The Balaban J connectivity index is 1.65. The lowest BCUT2D eigenvalue weighted by atomic mass is 10.1. The van der Waals surface area contributed by atoms with Crippen molar-refractivity contribution in [3.63, 3.8) is 0 Å². The first kappa shape index (κ1) is 16.3. The Morgan fingerprint density at radius 1 is 1.23 bits per heavy atom.